The van der Waals surface area contributed by atoms with E-state index in [2.05, 4.69) is 5.32 Å². The van der Waals surface area contributed by atoms with E-state index in [0.29, 0.717) is 32.1 Å². The number of rotatable bonds is 8. The molecular weight excluding hydrogens is 206 g/mol. The van der Waals surface area contributed by atoms with Crippen molar-refractivity contribution in [1.82, 2.24) is 5.32 Å². The van der Waals surface area contributed by atoms with Gasteiger partial charge in [0.05, 0.1) is 6.54 Å². The minimum Gasteiger partial charge on any atom is -0.351 e. The van der Waals surface area contributed by atoms with Crippen LogP contribution >= 0.6 is 0 Å². The van der Waals surface area contributed by atoms with Crippen LogP contribution in [0, 0.1) is 5.92 Å². The van der Waals surface area contributed by atoms with E-state index in [4.69, 9.17) is 9.47 Å². The summed E-state index contributed by atoms with van der Waals surface area (Å²) in [4.78, 5) is 11.5. The van der Waals surface area contributed by atoms with Crippen molar-refractivity contribution in [3.8, 4) is 0 Å². The quantitative estimate of drug-likeness (QED) is 0.644. The van der Waals surface area contributed by atoms with E-state index in [0.717, 1.165) is 0 Å². The molecule has 0 aliphatic heterocycles. The minimum atomic E-state index is -0.305. The summed E-state index contributed by atoms with van der Waals surface area (Å²) in [6.07, 6.45) is 4.03. The van der Waals surface area contributed by atoms with Crippen LogP contribution in [0.3, 0.4) is 0 Å². The van der Waals surface area contributed by atoms with Crippen LogP contribution in [-0.4, -0.2) is 32.0 Å². The van der Waals surface area contributed by atoms with Crippen LogP contribution in [0.2, 0.25) is 0 Å². The molecule has 4 heteroatoms. The third-order valence-corrected chi connectivity index (χ3v) is 2.87. The van der Waals surface area contributed by atoms with Gasteiger partial charge < -0.3 is 14.8 Å². The number of hydrogen-bond donors (Lipinski definition) is 1. The summed E-state index contributed by atoms with van der Waals surface area (Å²) in [6.45, 7) is 5.49. The van der Waals surface area contributed by atoms with Crippen molar-refractivity contribution in [2.45, 2.75) is 45.8 Å². The zero-order chi connectivity index (χ0) is 11.8. The first-order valence-corrected chi connectivity index (χ1v) is 6.26. The molecule has 4 nitrogen and oxygen atoms in total. The number of amides is 1. The predicted molar refractivity (Wildman–Crippen MR) is 62.0 cm³/mol. The summed E-state index contributed by atoms with van der Waals surface area (Å²) in [7, 11) is 0. The van der Waals surface area contributed by atoms with Crippen LogP contribution < -0.4 is 5.32 Å². The number of carbonyl (C=O) groups excluding carboxylic acids is 1. The van der Waals surface area contributed by atoms with E-state index < -0.39 is 0 Å². The molecular formula is C12H23NO3. The molecule has 1 rings (SSSR count). The van der Waals surface area contributed by atoms with Gasteiger partial charge in [0.1, 0.15) is 0 Å². The third kappa shape index (κ3) is 4.94. The van der Waals surface area contributed by atoms with Gasteiger partial charge in [-0.15, -0.1) is 0 Å². The molecule has 0 radical (unpaired) electrons. The summed E-state index contributed by atoms with van der Waals surface area (Å²) in [5.74, 6) is 0.728. The molecule has 0 heterocycles. The fraction of sp³-hybridized carbons (Fsp3) is 0.917. The van der Waals surface area contributed by atoms with E-state index in [-0.39, 0.29) is 12.2 Å². The van der Waals surface area contributed by atoms with Crippen molar-refractivity contribution in [1.29, 1.82) is 0 Å². The summed E-state index contributed by atoms with van der Waals surface area (Å²) < 4.78 is 10.7. The summed E-state index contributed by atoms with van der Waals surface area (Å²) in [5, 5.41) is 2.86. The highest BCUT2D eigenvalue weighted by molar-refractivity contribution is 5.76. The van der Waals surface area contributed by atoms with Crippen molar-refractivity contribution in [3.63, 3.8) is 0 Å². The topological polar surface area (TPSA) is 47.6 Å². The maximum atomic E-state index is 11.5. The number of carbonyl (C=O) groups is 1. The Morgan fingerprint density at radius 3 is 2.38 bits per heavy atom. The molecule has 16 heavy (non-hydrogen) atoms. The average molecular weight is 229 g/mol. The Labute approximate surface area is 97.7 Å². The SMILES string of the molecule is CCOC(CNC(=O)CC1CCC1)OCC. The molecule has 0 spiro atoms. The second-order valence-corrected chi connectivity index (χ2v) is 4.15. The van der Waals surface area contributed by atoms with Crippen LogP contribution in [0.4, 0.5) is 0 Å². The van der Waals surface area contributed by atoms with Gasteiger partial charge in [-0.1, -0.05) is 6.42 Å². The minimum absolute atomic E-state index is 0.120. The molecule has 94 valence electrons. The first kappa shape index (κ1) is 13.5. The Kier molecular flexibility index (Phi) is 6.42. The predicted octanol–water partition coefficient (Wildman–Crippen LogP) is 1.69. The average Bonchev–Trinajstić information content (AvgIpc) is 2.21. The molecule has 1 aliphatic rings. The molecule has 0 bridgehead atoms. The van der Waals surface area contributed by atoms with E-state index >= 15 is 0 Å². The van der Waals surface area contributed by atoms with Gasteiger partial charge in [-0.05, 0) is 32.6 Å². The zero-order valence-corrected chi connectivity index (χ0v) is 10.3. The van der Waals surface area contributed by atoms with E-state index in [1.165, 1.54) is 19.3 Å². The van der Waals surface area contributed by atoms with Crippen LogP contribution in [0.5, 0.6) is 0 Å². The zero-order valence-electron chi connectivity index (χ0n) is 10.3. The van der Waals surface area contributed by atoms with Gasteiger partial charge in [0.2, 0.25) is 5.91 Å². The fourth-order valence-electron chi connectivity index (χ4n) is 1.77. The van der Waals surface area contributed by atoms with Gasteiger partial charge in [0.25, 0.3) is 0 Å². The van der Waals surface area contributed by atoms with Gasteiger partial charge in [-0.3, -0.25) is 4.79 Å². The van der Waals surface area contributed by atoms with Crippen molar-refractivity contribution < 1.29 is 14.3 Å². The van der Waals surface area contributed by atoms with Crippen molar-refractivity contribution in [3.05, 3.63) is 0 Å². The lowest BCUT2D eigenvalue weighted by Crippen LogP contribution is -2.36. The first-order chi connectivity index (χ1) is 7.76. The van der Waals surface area contributed by atoms with Gasteiger partial charge in [0.15, 0.2) is 6.29 Å². The van der Waals surface area contributed by atoms with Gasteiger partial charge >= 0.3 is 0 Å². The highest BCUT2D eigenvalue weighted by Gasteiger charge is 2.21. The normalized spacial score (nSPS) is 16.2. The Balaban J connectivity index is 2.11. The summed E-state index contributed by atoms with van der Waals surface area (Å²) in [6, 6.07) is 0. The third-order valence-electron chi connectivity index (χ3n) is 2.87. The summed E-state index contributed by atoms with van der Waals surface area (Å²) >= 11 is 0. The fourth-order valence-corrected chi connectivity index (χ4v) is 1.77. The second kappa shape index (κ2) is 7.63. The van der Waals surface area contributed by atoms with Crippen molar-refractivity contribution in [2.75, 3.05) is 19.8 Å². The standard InChI is InChI=1S/C12H23NO3/c1-3-15-12(16-4-2)9-13-11(14)8-10-6-5-7-10/h10,12H,3-9H2,1-2H3,(H,13,14). The van der Waals surface area contributed by atoms with E-state index in [1.807, 2.05) is 13.8 Å². The number of hydrogen-bond acceptors (Lipinski definition) is 3. The summed E-state index contributed by atoms with van der Waals surface area (Å²) in [5.41, 5.74) is 0. The van der Waals surface area contributed by atoms with Gasteiger partial charge in [-0.2, -0.15) is 0 Å². The van der Waals surface area contributed by atoms with Crippen LogP contribution in [-0.2, 0) is 14.3 Å². The Morgan fingerprint density at radius 1 is 1.31 bits per heavy atom. The second-order valence-electron chi connectivity index (χ2n) is 4.15. The monoisotopic (exact) mass is 229 g/mol. The van der Waals surface area contributed by atoms with Gasteiger partial charge in [0, 0.05) is 19.6 Å². The lowest BCUT2D eigenvalue weighted by Gasteiger charge is -2.25. The van der Waals surface area contributed by atoms with Crippen molar-refractivity contribution >= 4 is 5.91 Å². The van der Waals surface area contributed by atoms with E-state index in [1.54, 1.807) is 0 Å². The molecule has 1 amide bonds. The van der Waals surface area contributed by atoms with Gasteiger partial charge in [-0.25, -0.2) is 0 Å². The lowest BCUT2D eigenvalue weighted by atomic mass is 9.83. The molecule has 1 aliphatic carbocycles. The van der Waals surface area contributed by atoms with E-state index in [9.17, 15) is 4.79 Å². The smallest absolute Gasteiger partial charge is 0.220 e. The molecule has 1 N–H and O–H groups in total. The van der Waals surface area contributed by atoms with Crippen molar-refractivity contribution in [2.24, 2.45) is 5.92 Å². The first-order valence-electron chi connectivity index (χ1n) is 6.26. The number of ether oxygens (including phenoxy) is 2. The Hall–Kier alpha value is -0.610. The molecule has 1 saturated carbocycles. The number of nitrogens with one attached hydrogen (secondary N) is 1. The van der Waals surface area contributed by atoms with Crippen LogP contribution in [0.1, 0.15) is 39.5 Å². The Bertz CT molecular complexity index is 198. The maximum Gasteiger partial charge on any atom is 0.220 e. The largest absolute Gasteiger partial charge is 0.351 e. The highest BCUT2D eigenvalue weighted by atomic mass is 16.7. The molecule has 0 unspecified atom stereocenters. The van der Waals surface area contributed by atoms with Crippen LogP contribution in [0.15, 0.2) is 0 Å². The molecule has 0 saturated heterocycles. The molecule has 0 aromatic carbocycles. The molecule has 0 atom stereocenters. The highest BCUT2D eigenvalue weighted by Crippen LogP contribution is 2.28. The van der Waals surface area contributed by atoms with Crippen LogP contribution in [0.25, 0.3) is 0 Å². The maximum absolute atomic E-state index is 11.5. The molecule has 0 aromatic rings. The molecule has 1 fully saturated rings. The molecule has 0 aromatic heterocycles. The lowest BCUT2D eigenvalue weighted by molar-refractivity contribution is -0.141. The Morgan fingerprint density at radius 2 is 1.94 bits per heavy atom.